The van der Waals surface area contributed by atoms with Gasteiger partial charge in [-0.15, -0.1) is 0 Å². The molecule has 0 spiro atoms. The predicted molar refractivity (Wildman–Crippen MR) is 97.3 cm³/mol. The minimum atomic E-state index is -0.106. The molecule has 0 aliphatic carbocycles. The second-order valence-corrected chi connectivity index (χ2v) is 5.88. The van der Waals surface area contributed by atoms with E-state index in [0.717, 1.165) is 16.5 Å². The smallest absolute Gasteiger partial charge is 0.257 e. The zero-order valence-corrected chi connectivity index (χ0v) is 13.7. The Morgan fingerprint density at radius 2 is 1.67 bits per heavy atom. The van der Waals surface area contributed by atoms with Crippen molar-refractivity contribution >= 4 is 16.7 Å². The lowest BCUT2D eigenvalue weighted by atomic mass is 10.0. The van der Waals surface area contributed by atoms with E-state index in [2.05, 4.69) is 24.4 Å². The zero-order chi connectivity index (χ0) is 16.8. The molecule has 3 aromatic rings. The Labute approximate surface area is 142 Å². The van der Waals surface area contributed by atoms with Crippen LogP contribution in [0.1, 0.15) is 18.4 Å². The summed E-state index contributed by atoms with van der Waals surface area (Å²) < 4.78 is 5.71. The fourth-order valence-corrected chi connectivity index (χ4v) is 2.68. The van der Waals surface area contributed by atoms with Gasteiger partial charge in [0.15, 0.2) is 6.61 Å². The molecule has 3 nitrogen and oxygen atoms in total. The lowest BCUT2D eigenvalue weighted by Crippen LogP contribution is -2.31. The van der Waals surface area contributed by atoms with Crippen molar-refractivity contribution in [3.05, 3.63) is 78.4 Å². The second kappa shape index (κ2) is 7.64. The van der Waals surface area contributed by atoms with Crippen molar-refractivity contribution in [3.8, 4) is 5.75 Å². The van der Waals surface area contributed by atoms with Crippen molar-refractivity contribution in [3.63, 3.8) is 0 Å². The number of rotatable bonds is 6. The molecule has 0 aliphatic heterocycles. The molecule has 0 saturated heterocycles. The van der Waals surface area contributed by atoms with Gasteiger partial charge in [0.25, 0.3) is 5.91 Å². The molecule has 122 valence electrons. The molecule has 1 atom stereocenters. The molecule has 3 aromatic carbocycles. The summed E-state index contributed by atoms with van der Waals surface area (Å²) in [6.45, 7) is 2.72. The molecule has 0 radical (unpaired) electrons. The maximum atomic E-state index is 12.1. The highest BCUT2D eigenvalue weighted by Crippen LogP contribution is 2.24. The Morgan fingerprint density at radius 1 is 0.958 bits per heavy atom. The van der Waals surface area contributed by atoms with Crippen LogP contribution < -0.4 is 10.1 Å². The summed E-state index contributed by atoms with van der Waals surface area (Å²) in [6.07, 6.45) is 0. The van der Waals surface area contributed by atoms with Crippen LogP contribution in [0.25, 0.3) is 10.8 Å². The van der Waals surface area contributed by atoms with Crippen molar-refractivity contribution in [1.82, 2.24) is 5.32 Å². The molecular weight excluding hydrogens is 298 g/mol. The molecule has 0 heterocycles. The average molecular weight is 319 g/mol. The van der Waals surface area contributed by atoms with Crippen LogP contribution in [0.3, 0.4) is 0 Å². The van der Waals surface area contributed by atoms with E-state index in [1.165, 1.54) is 5.56 Å². The fourth-order valence-electron chi connectivity index (χ4n) is 2.68. The van der Waals surface area contributed by atoms with E-state index in [1.54, 1.807) is 0 Å². The van der Waals surface area contributed by atoms with Gasteiger partial charge in [-0.3, -0.25) is 4.79 Å². The first-order chi connectivity index (χ1) is 11.7. The third-order valence-corrected chi connectivity index (χ3v) is 4.08. The summed E-state index contributed by atoms with van der Waals surface area (Å²) in [5, 5.41) is 5.06. The van der Waals surface area contributed by atoms with Gasteiger partial charge in [0.05, 0.1) is 0 Å². The summed E-state index contributed by atoms with van der Waals surface area (Å²) in [6, 6.07) is 24.0. The van der Waals surface area contributed by atoms with Gasteiger partial charge < -0.3 is 10.1 Å². The Balaban J connectivity index is 1.54. The second-order valence-electron chi connectivity index (χ2n) is 5.88. The molecule has 24 heavy (non-hydrogen) atoms. The van der Waals surface area contributed by atoms with Gasteiger partial charge in [0, 0.05) is 11.9 Å². The van der Waals surface area contributed by atoms with Gasteiger partial charge in [-0.25, -0.2) is 0 Å². The number of nitrogens with one attached hydrogen (secondary N) is 1. The molecular formula is C21H21NO2. The number of amides is 1. The summed E-state index contributed by atoms with van der Waals surface area (Å²) in [5.41, 5.74) is 1.22. The lowest BCUT2D eigenvalue weighted by Gasteiger charge is -2.14. The fraction of sp³-hybridized carbons (Fsp3) is 0.190. The van der Waals surface area contributed by atoms with E-state index in [1.807, 2.05) is 60.7 Å². The van der Waals surface area contributed by atoms with Crippen LogP contribution in [0.5, 0.6) is 5.75 Å². The van der Waals surface area contributed by atoms with Crippen LogP contribution in [0.2, 0.25) is 0 Å². The van der Waals surface area contributed by atoms with Crippen molar-refractivity contribution in [2.45, 2.75) is 12.8 Å². The summed E-state index contributed by atoms with van der Waals surface area (Å²) >= 11 is 0. The highest BCUT2D eigenvalue weighted by molar-refractivity contribution is 5.88. The Kier molecular flexibility index (Phi) is 5.12. The molecule has 3 rings (SSSR count). The largest absolute Gasteiger partial charge is 0.483 e. The highest BCUT2D eigenvalue weighted by Gasteiger charge is 2.09. The van der Waals surface area contributed by atoms with Crippen LogP contribution >= 0.6 is 0 Å². The van der Waals surface area contributed by atoms with Crippen LogP contribution in [-0.2, 0) is 4.79 Å². The molecule has 0 aliphatic rings. The first-order valence-corrected chi connectivity index (χ1v) is 8.16. The molecule has 0 bridgehead atoms. The summed E-state index contributed by atoms with van der Waals surface area (Å²) in [7, 11) is 0. The van der Waals surface area contributed by atoms with Crippen molar-refractivity contribution in [2.24, 2.45) is 0 Å². The molecule has 3 heteroatoms. The predicted octanol–water partition coefficient (Wildman–Crippen LogP) is 4.14. The van der Waals surface area contributed by atoms with E-state index >= 15 is 0 Å². The van der Waals surface area contributed by atoms with Crippen molar-refractivity contribution < 1.29 is 9.53 Å². The minimum Gasteiger partial charge on any atom is -0.483 e. The van der Waals surface area contributed by atoms with Crippen LogP contribution in [0.4, 0.5) is 0 Å². The van der Waals surface area contributed by atoms with Crippen molar-refractivity contribution in [1.29, 1.82) is 0 Å². The molecule has 1 amide bonds. The van der Waals surface area contributed by atoms with E-state index in [0.29, 0.717) is 6.54 Å². The van der Waals surface area contributed by atoms with Crippen LogP contribution in [0.15, 0.2) is 72.8 Å². The number of benzene rings is 3. The SMILES string of the molecule is C[C@H](CNC(=O)COc1cccc2ccccc12)c1ccccc1. The van der Waals surface area contributed by atoms with Crippen LogP contribution in [0, 0.1) is 0 Å². The normalized spacial score (nSPS) is 11.9. The maximum absolute atomic E-state index is 12.1. The number of hydrogen-bond donors (Lipinski definition) is 1. The van der Waals surface area contributed by atoms with E-state index in [-0.39, 0.29) is 18.4 Å². The van der Waals surface area contributed by atoms with Crippen molar-refractivity contribution in [2.75, 3.05) is 13.2 Å². The molecule has 1 N–H and O–H groups in total. The monoisotopic (exact) mass is 319 g/mol. The Bertz CT molecular complexity index is 809. The number of carbonyl (C=O) groups excluding carboxylic acids is 1. The molecule has 0 unspecified atom stereocenters. The average Bonchev–Trinajstić information content (AvgIpc) is 2.65. The Morgan fingerprint density at radius 3 is 2.50 bits per heavy atom. The number of hydrogen-bond acceptors (Lipinski definition) is 2. The molecule has 0 fully saturated rings. The minimum absolute atomic E-state index is 0.0233. The topological polar surface area (TPSA) is 38.3 Å². The number of fused-ring (bicyclic) bond motifs is 1. The van der Waals surface area contributed by atoms with Gasteiger partial charge in [-0.05, 0) is 22.9 Å². The van der Waals surface area contributed by atoms with E-state index in [4.69, 9.17) is 4.74 Å². The standard InChI is InChI=1S/C21H21NO2/c1-16(17-8-3-2-4-9-17)14-22-21(23)15-24-20-13-7-11-18-10-5-6-12-19(18)20/h2-13,16H,14-15H2,1H3,(H,22,23)/t16-/m1/s1. The molecule has 0 saturated carbocycles. The van der Waals surface area contributed by atoms with Gasteiger partial charge in [-0.1, -0.05) is 73.7 Å². The van der Waals surface area contributed by atoms with Gasteiger partial charge in [-0.2, -0.15) is 0 Å². The molecule has 0 aromatic heterocycles. The van der Waals surface area contributed by atoms with Gasteiger partial charge >= 0.3 is 0 Å². The quantitative estimate of drug-likeness (QED) is 0.741. The zero-order valence-electron chi connectivity index (χ0n) is 13.7. The maximum Gasteiger partial charge on any atom is 0.257 e. The number of ether oxygens (including phenoxy) is 1. The number of carbonyl (C=O) groups is 1. The first-order valence-electron chi connectivity index (χ1n) is 8.16. The van der Waals surface area contributed by atoms with Gasteiger partial charge in [0.1, 0.15) is 5.75 Å². The first kappa shape index (κ1) is 16.1. The van der Waals surface area contributed by atoms with E-state index < -0.39 is 0 Å². The third-order valence-electron chi connectivity index (χ3n) is 4.08. The highest BCUT2D eigenvalue weighted by atomic mass is 16.5. The third kappa shape index (κ3) is 3.93. The lowest BCUT2D eigenvalue weighted by molar-refractivity contribution is -0.123. The summed E-state index contributed by atoms with van der Waals surface area (Å²) in [5.74, 6) is 0.901. The van der Waals surface area contributed by atoms with Gasteiger partial charge in [0.2, 0.25) is 0 Å². The Hall–Kier alpha value is -2.81. The van der Waals surface area contributed by atoms with Crippen LogP contribution in [-0.4, -0.2) is 19.1 Å². The summed E-state index contributed by atoms with van der Waals surface area (Å²) in [4.78, 5) is 12.1. The van der Waals surface area contributed by atoms with E-state index in [9.17, 15) is 4.79 Å².